The first-order chi connectivity index (χ1) is 14.7. The van der Waals surface area contributed by atoms with E-state index in [1.54, 1.807) is 21.7 Å². The van der Waals surface area contributed by atoms with Crippen molar-refractivity contribution < 1.29 is 4.79 Å². The predicted octanol–water partition coefficient (Wildman–Crippen LogP) is 4.11. The fourth-order valence-corrected chi connectivity index (χ4v) is 3.57. The van der Waals surface area contributed by atoms with Gasteiger partial charge in [0.15, 0.2) is 0 Å². The van der Waals surface area contributed by atoms with Crippen molar-refractivity contribution in [1.29, 1.82) is 0 Å². The molecule has 0 saturated heterocycles. The van der Waals surface area contributed by atoms with Crippen LogP contribution < -0.4 is 5.56 Å². The molecule has 0 N–H and O–H groups in total. The third kappa shape index (κ3) is 4.01. The number of fused-ring (bicyclic) bond motifs is 1. The van der Waals surface area contributed by atoms with Crippen LogP contribution >= 0.6 is 0 Å². The molecule has 2 heterocycles. The van der Waals surface area contributed by atoms with Crippen molar-refractivity contribution in [3.8, 4) is 0 Å². The van der Waals surface area contributed by atoms with E-state index in [4.69, 9.17) is 0 Å². The molecule has 0 spiro atoms. The molecule has 0 aliphatic carbocycles. The number of nitrogens with zero attached hydrogens (tertiary/aromatic N) is 3. The molecule has 0 aliphatic rings. The Bertz CT molecular complexity index is 1220. The Kier molecular flexibility index (Phi) is 5.70. The third-order valence-corrected chi connectivity index (χ3v) is 5.15. The summed E-state index contributed by atoms with van der Waals surface area (Å²) in [6, 6.07) is 24.9. The van der Waals surface area contributed by atoms with E-state index in [2.05, 4.69) is 4.98 Å². The number of carbonyl (C=O) groups excluding carboxylic acids is 1. The van der Waals surface area contributed by atoms with Gasteiger partial charge in [-0.2, -0.15) is 0 Å². The summed E-state index contributed by atoms with van der Waals surface area (Å²) in [5.41, 5.74) is 2.44. The van der Waals surface area contributed by atoms with E-state index in [1.807, 2.05) is 79.7 Å². The van der Waals surface area contributed by atoms with Gasteiger partial charge in [0.2, 0.25) is 0 Å². The van der Waals surface area contributed by atoms with Crippen LogP contribution in [0.4, 0.5) is 0 Å². The van der Waals surface area contributed by atoms with Crippen molar-refractivity contribution >= 4 is 16.9 Å². The number of carbonyl (C=O) groups is 1. The highest BCUT2D eigenvalue weighted by Crippen LogP contribution is 2.15. The highest BCUT2D eigenvalue weighted by Gasteiger charge is 2.21. The Morgan fingerprint density at radius 2 is 1.60 bits per heavy atom. The van der Waals surface area contributed by atoms with Gasteiger partial charge in [-0.3, -0.25) is 14.2 Å². The molecule has 0 unspecified atom stereocenters. The molecule has 0 fully saturated rings. The molecule has 150 valence electrons. The van der Waals surface area contributed by atoms with E-state index >= 15 is 0 Å². The summed E-state index contributed by atoms with van der Waals surface area (Å²) in [5, 5.41) is 0.771. The summed E-state index contributed by atoms with van der Waals surface area (Å²) in [7, 11) is 0. The minimum Gasteiger partial charge on any atom is -0.334 e. The average molecular weight is 397 g/mol. The summed E-state index contributed by atoms with van der Waals surface area (Å²) in [5.74, 6) is -0.265. The Hall–Kier alpha value is -3.73. The van der Waals surface area contributed by atoms with Gasteiger partial charge >= 0.3 is 0 Å². The minimum atomic E-state index is -0.318. The molecule has 2 aromatic heterocycles. The van der Waals surface area contributed by atoms with Crippen LogP contribution in [0, 0.1) is 0 Å². The smallest absolute Gasteiger partial charge is 0.265 e. The van der Waals surface area contributed by atoms with Crippen LogP contribution in [-0.4, -0.2) is 26.9 Å². The Morgan fingerprint density at radius 3 is 2.27 bits per heavy atom. The van der Waals surface area contributed by atoms with Gasteiger partial charge in [0.1, 0.15) is 11.2 Å². The van der Waals surface area contributed by atoms with E-state index in [-0.39, 0.29) is 17.0 Å². The molecule has 0 radical (unpaired) electrons. The zero-order valence-electron chi connectivity index (χ0n) is 16.9. The second-order valence-corrected chi connectivity index (χ2v) is 7.16. The van der Waals surface area contributed by atoms with Crippen LogP contribution in [0.2, 0.25) is 0 Å². The lowest BCUT2D eigenvalue weighted by molar-refractivity contribution is 0.0750. The Labute approximate surface area is 175 Å². The lowest BCUT2D eigenvalue weighted by atomic mass is 10.1. The second-order valence-electron chi connectivity index (χ2n) is 7.16. The predicted molar refractivity (Wildman–Crippen MR) is 118 cm³/mol. The lowest BCUT2D eigenvalue weighted by Crippen LogP contribution is -2.36. The molecule has 5 nitrogen and oxygen atoms in total. The summed E-state index contributed by atoms with van der Waals surface area (Å²) in [4.78, 5) is 32.8. The van der Waals surface area contributed by atoms with Gasteiger partial charge in [0.05, 0.1) is 6.54 Å². The van der Waals surface area contributed by atoms with E-state index in [0.717, 1.165) is 16.5 Å². The molecule has 0 atom stereocenters. The number of hydrogen-bond donors (Lipinski definition) is 0. The van der Waals surface area contributed by atoms with Crippen LogP contribution in [-0.2, 0) is 13.1 Å². The third-order valence-electron chi connectivity index (χ3n) is 5.15. The molecule has 0 aliphatic heterocycles. The largest absolute Gasteiger partial charge is 0.334 e. The van der Waals surface area contributed by atoms with Gasteiger partial charge in [0, 0.05) is 24.7 Å². The highest BCUT2D eigenvalue weighted by atomic mass is 16.2. The maximum absolute atomic E-state index is 13.4. The first-order valence-corrected chi connectivity index (χ1v) is 10.0. The van der Waals surface area contributed by atoms with Crippen molar-refractivity contribution in [2.45, 2.75) is 20.0 Å². The Morgan fingerprint density at radius 1 is 0.933 bits per heavy atom. The van der Waals surface area contributed by atoms with E-state index in [0.29, 0.717) is 25.3 Å². The molecule has 4 rings (SSSR count). The monoisotopic (exact) mass is 397 g/mol. The minimum absolute atomic E-state index is 0.171. The van der Waals surface area contributed by atoms with Gasteiger partial charge in [-0.1, -0.05) is 60.7 Å². The van der Waals surface area contributed by atoms with Crippen molar-refractivity contribution in [3.05, 3.63) is 112 Å². The first-order valence-electron chi connectivity index (χ1n) is 10.0. The Balaban J connectivity index is 1.77. The van der Waals surface area contributed by atoms with Crippen LogP contribution in [0.25, 0.3) is 11.0 Å². The SMILES string of the molecule is CCN(Cc1ccccc1)C(=O)c1cc2cccnc2n(Cc2ccccc2)c1=O. The van der Waals surface area contributed by atoms with E-state index in [1.165, 1.54) is 0 Å². The number of rotatable bonds is 6. The lowest BCUT2D eigenvalue weighted by Gasteiger charge is -2.21. The maximum atomic E-state index is 13.4. The van der Waals surface area contributed by atoms with Crippen LogP contribution in [0.1, 0.15) is 28.4 Å². The number of hydrogen-bond acceptors (Lipinski definition) is 3. The molecule has 1 amide bonds. The van der Waals surface area contributed by atoms with Crippen LogP contribution in [0.15, 0.2) is 89.9 Å². The first kappa shape index (κ1) is 19.6. The van der Waals surface area contributed by atoms with E-state index in [9.17, 15) is 9.59 Å². The molecule has 4 aromatic rings. The highest BCUT2D eigenvalue weighted by molar-refractivity contribution is 5.96. The quantitative estimate of drug-likeness (QED) is 0.492. The topological polar surface area (TPSA) is 55.2 Å². The fraction of sp³-hybridized carbons (Fsp3) is 0.160. The summed E-state index contributed by atoms with van der Waals surface area (Å²) in [6.07, 6.45) is 1.67. The van der Waals surface area contributed by atoms with Gasteiger partial charge < -0.3 is 4.90 Å². The molecule has 0 saturated carbocycles. The molecule has 2 aromatic carbocycles. The molecular weight excluding hydrogens is 374 g/mol. The van der Waals surface area contributed by atoms with Gasteiger partial charge in [-0.25, -0.2) is 4.98 Å². The molecule has 5 heteroatoms. The molecule has 30 heavy (non-hydrogen) atoms. The van der Waals surface area contributed by atoms with Gasteiger partial charge in [0.25, 0.3) is 11.5 Å². The van der Waals surface area contributed by atoms with Gasteiger partial charge in [-0.05, 0) is 36.2 Å². The fourth-order valence-electron chi connectivity index (χ4n) is 3.57. The second kappa shape index (κ2) is 8.74. The number of benzene rings is 2. The number of amides is 1. The molecule has 0 bridgehead atoms. The van der Waals surface area contributed by atoms with Crippen molar-refractivity contribution in [1.82, 2.24) is 14.5 Å². The van der Waals surface area contributed by atoms with Crippen molar-refractivity contribution in [2.75, 3.05) is 6.54 Å². The van der Waals surface area contributed by atoms with Crippen molar-refractivity contribution in [2.24, 2.45) is 0 Å². The summed E-state index contributed by atoms with van der Waals surface area (Å²) < 4.78 is 1.59. The summed E-state index contributed by atoms with van der Waals surface area (Å²) >= 11 is 0. The van der Waals surface area contributed by atoms with E-state index < -0.39 is 0 Å². The number of pyridine rings is 2. The maximum Gasteiger partial charge on any atom is 0.265 e. The normalized spacial score (nSPS) is 10.8. The zero-order chi connectivity index (χ0) is 20.9. The van der Waals surface area contributed by atoms with Crippen LogP contribution in [0.3, 0.4) is 0 Å². The zero-order valence-corrected chi connectivity index (χ0v) is 16.9. The summed E-state index contributed by atoms with van der Waals surface area (Å²) in [6.45, 7) is 3.25. The van der Waals surface area contributed by atoms with Gasteiger partial charge in [-0.15, -0.1) is 0 Å². The molecular formula is C25H23N3O2. The standard InChI is InChI=1S/C25H23N3O2/c1-2-27(17-19-10-5-3-6-11-19)24(29)22-16-21-14-9-15-26-23(21)28(25(22)30)18-20-12-7-4-8-13-20/h3-16H,2,17-18H2,1H3. The van der Waals surface area contributed by atoms with Crippen LogP contribution in [0.5, 0.6) is 0 Å². The number of aromatic nitrogens is 2. The average Bonchev–Trinajstić information content (AvgIpc) is 2.80. The van der Waals surface area contributed by atoms with Crippen molar-refractivity contribution in [3.63, 3.8) is 0 Å².